The molecule has 0 rings (SSSR count). The Bertz CT molecular complexity index is 1050. The minimum atomic E-state index is -0.799. The van der Waals surface area contributed by atoms with Crippen LogP contribution in [0.4, 0.5) is 0 Å². The van der Waals surface area contributed by atoms with E-state index >= 15 is 0 Å². The molecule has 0 aliphatic rings. The number of esters is 1. The molecule has 0 saturated carbocycles. The van der Waals surface area contributed by atoms with E-state index in [1.807, 2.05) is 0 Å². The molecule has 6 heteroatoms. The van der Waals surface area contributed by atoms with Gasteiger partial charge in [0.25, 0.3) is 0 Å². The summed E-state index contributed by atoms with van der Waals surface area (Å²) in [5.74, 6) is -0.541. The third kappa shape index (κ3) is 40.3. The molecule has 0 aliphatic heterocycles. The van der Waals surface area contributed by atoms with Crippen LogP contribution >= 0.6 is 0 Å². The van der Waals surface area contributed by atoms with Crippen molar-refractivity contribution in [3.8, 4) is 0 Å². The van der Waals surface area contributed by atoms with Gasteiger partial charge in [-0.25, -0.2) is 0 Å². The Balaban J connectivity index is 4.66. The number of aliphatic hydroxyl groups excluding tert-OH is 2. The molecule has 3 unspecified atom stereocenters. The molecule has 0 aromatic rings. The van der Waals surface area contributed by atoms with E-state index in [-0.39, 0.29) is 24.9 Å². The van der Waals surface area contributed by atoms with Crippen molar-refractivity contribution in [3.63, 3.8) is 0 Å². The highest BCUT2D eigenvalue weighted by Gasteiger charge is 2.24. The van der Waals surface area contributed by atoms with E-state index in [0.29, 0.717) is 19.3 Å². The number of ether oxygens (including phenoxy) is 1. The van der Waals surface area contributed by atoms with E-state index in [9.17, 15) is 19.8 Å². The lowest BCUT2D eigenvalue weighted by Gasteiger charge is -2.24. The zero-order chi connectivity index (χ0) is 42.4. The van der Waals surface area contributed by atoms with Gasteiger partial charge in [0.05, 0.1) is 25.2 Å². The van der Waals surface area contributed by atoms with E-state index in [1.165, 1.54) is 96.3 Å². The SMILES string of the molecule is CC/C=C/C/C=C/C/C=C/C/C=C/CCCCCC(=O)OC(CCC/C=C\CCCCCCCCC)CC(=O)NC(CO)C(O)CCCCCCCCCCCCC. The van der Waals surface area contributed by atoms with E-state index in [2.05, 4.69) is 86.8 Å². The summed E-state index contributed by atoms with van der Waals surface area (Å²) < 4.78 is 5.89. The van der Waals surface area contributed by atoms with Crippen molar-refractivity contribution < 1.29 is 24.5 Å². The number of hydrogen-bond acceptors (Lipinski definition) is 5. The maximum atomic E-state index is 13.1. The maximum absolute atomic E-state index is 13.1. The Morgan fingerprint density at radius 2 is 0.948 bits per heavy atom. The zero-order valence-electron chi connectivity index (χ0n) is 38.2. The Labute approximate surface area is 358 Å². The van der Waals surface area contributed by atoms with Crippen LogP contribution in [0.2, 0.25) is 0 Å². The molecule has 336 valence electrons. The number of hydrogen-bond donors (Lipinski definition) is 3. The molecule has 0 radical (unpaired) electrons. The van der Waals surface area contributed by atoms with Crippen LogP contribution < -0.4 is 5.32 Å². The van der Waals surface area contributed by atoms with Gasteiger partial charge in [0.1, 0.15) is 6.10 Å². The number of carbonyl (C=O) groups excluding carboxylic acids is 2. The monoisotopic (exact) mass is 812 g/mol. The number of rotatable bonds is 43. The largest absolute Gasteiger partial charge is 0.462 e. The first-order valence-corrected chi connectivity index (χ1v) is 24.5. The molecular formula is C52H93NO5. The molecular weight excluding hydrogens is 719 g/mol. The van der Waals surface area contributed by atoms with Crippen molar-refractivity contribution in [1.29, 1.82) is 0 Å². The number of carbonyl (C=O) groups is 2. The van der Waals surface area contributed by atoms with Gasteiger partial charge in [0.2, 0.25) is 5.91 Å². The summed E-state index contributed by atoms with van der Waals surface area (Å²) in [6.45, 7) is 6.33. The standard InChI is InChI=1S/C52H93NO5/c1-4-7-10-13-16-19-22-24-25-26-27-30-33-36-39-42-45-52(57)58-48(43-40-37-34-31-29-23-20-17-14-11-8-5-2)46-51(56)53-49(47-54)50(55)44-41-38-35-32-28-21-18-15-12-9-6-3/h7,10,16,19,24-25,27,30-31,34,48-50,54-55H,4-6,8-9,11-15,17-18,20-23,26,28-29,32-33,35-47H2,1-3H3,(H,53,56)/b10-7+,19-16+,25-24+,30-27+,34-31-. The molecule has 0 bridgehead atoms. The van der Waals surface area contributed by atoms with Crippen LogP contribution in [0.15, 0.2) is 60.8 Å². The highest BCUT2D eigenvalue weighted by molar-refractivity contribution is 5.77. The molecule has 0 heterocycles. The van der Waals surface area contributed by atoms with Crippen molar-refractivity contribution in [3.05, 3.63) is 60.8 Å². The average molecular weight is 812 g/mol. The highest BCUT2D eigenvalue weighted by Crippen LogP contribution is 2.16. The zero-order valence-corrected chi connectivity index (χ0v) is 38.2. The first-order valence-electron chi connectivity index (χ1n) is 24.5. The molecule has 3 atom stereocenters. The second kappa shape index (κ2) is 45.6. The maximum Gasteiger partial charge on any atom is 0.306 e. The molecule has 0 fully saturated rings. The van der Waals surface area contributed by atoms with Crippen LogP contribution in [0.5, 0.6) is 0 Å². The van der Waals surface area contributed by atoms with Crippen molar-refractivity contribution in [2.24, 2.45) is 0 Å². The number of amides is 1. The number of aliphatic hydroxyl groups is 2. The summed E-state index contributed by atoms with van der Waals surface area (Å²) in [4.78, 5) is 26.0. The predicted molar refractivity (Wildman–Crippen MR) is 250 cm³/mol. The Hall–Kier alpha value is -2.44. The minimum absolute atomic E-state index is 0.0426. The lowest BCUT2D eigenvalue weighted by Crippen LogP contribution is -2.46. The van der Waals surface area contributed by atoms with Crippen LogP contribution in [0, 0.1) is 0 Å². The van der Waals surface area contributed by atoms with E-state index in [0.717, 1.165) is 89.9 Å². The van der Waals surface area contributed by atoms with E-state index in [1.54, 1.807) is 0 Å². The van der Waals surface area contributed by atoms with Gasteiger partial charge in [-0.15, -0.1) is 0 Å². The molecule has 6 nitrogen and oxygen atoms in total. The van der Waals surface area contributed by atoms with Crippen molar-refractivity contribution >= 4 is 11.9 Å². The van der Waals surface area contributed by atoms with Crippen molar-refractivity contribution in [2.75, 3.05) is 6.61 Å². The number of allylic oxidation sites excluding steroid dienone is 10. The van der Waals surface area contributed by atoms with E-state index < -0.39 is 18.2 Å². The molecule has 0 aromatic carbocycles. The third-order valence-electron chi connectivity index (χ3n) is 10.8. The number of unbranched alkanes of at least 4 members (excludes halogenated alkanes) is 21. The average Bonchev–Trinajstić information content (AvgIpc) is 3.22. The van der Waals surface area contributed by atoms with Crippen LogP contribution in [0.3, 0.4) is 0 Å². The minimum Gasteiger partial charge on any atom is -0.462 e. The molecule has 0 aliphatic carbocycles. The molecule has 58 heavy (non-hydrogen) atoms. The van der Waals surface area contributed by atoms with Gasteiger partial charge in [-0.3, -0.25) is 9.59 Å². The van der Waals surface area contributed by atoms with Crippen molar-refractivity contribution in [2.45, 2.75) is 251 Å². The van der Waals surface area contributed by atoms with Crippen LogP contribution in [-0.2, 0) is 14.3 Å². The fraction of sp³-hybridized carbons (Fsp3) is 0.769. The molecule has 3 N–H and O–H groups in total. The summed E-state index contributed by atoms with van der Waals surface area (Å²) in [5, 5.41) is 23.7. The van der Waals surface area contributed by atoms with Gasteiger partial charge in [-0.2, -0.15) is 0 Å². The van der Waals surface area contributed by atoms with Crippen LogP contribution in [0.25, 0.3) is 0 Å². The topological polar surface area (TPSA) is 95.9 Å². The first kappa shape index (κ1) is 55.6. The van der Waals surface area contributed by atoms with Crippen LogP contribution in [-0.4, -0.2) is 46.9 Å². The Morgan fingerprint density at radius 1 is 0.517 bits per heavy atom. The lowest BCUT2D eigenvalue weighted by molar-refractivity contribution is -0.151. The summed E-state index contributed by atoms with van der Waals surface area (Å²) in [5.41, 5.74) is 0. The Morgan fingerprint density at radius 3 is 1.47 bits per heavy atom. The normalized spacial score (nSPS) is 13.8. The van der Waals surface area contributed by atoms with Crippen LogP contribution in [0.1, 0.15) is 233 Å². The Kier molecular flexibility index (Phi) is 43.7. The van der Waals surface area contributed by atoms with Gasteiger partial charge in [-0.1, -0.05) is 197 Å². The van der Waals surface area contributed by atoms with E-state index in [4.69, 9.17) is 4.74 Å². The summed E-state index contributed by atoms with van der Waals surface area (Å²) >= 11 is 0. The fourth-order valence-corrected chi connectivity index (χ4v) is 7.13. The molecule has 0 saturated heterocycles. The second-order valence-corrected chi connectivity index (χ2v) is 16.5. The molecule has 0 spiro atoms. The summed E-state index contributed by atoms with van der Waals surface area (Å²) in [6, 6.07) is -0.716. The quantitative estimate of drug-likeness (QED) is 0.0324. The van der Waals surface area contributed by atoms with Gasteiger partial charge in [-0.05, 0) is 83.5 Å². The van der Waals surface area contributed by atoms with Gasteiger partial charge in [0.15, 0.2) is 0 Å². The summed E-state index contributed by atoms with van der Waals surface area (Å²) in [7, 11) is 0. The third-order valence-corrected chi connectivity index (χ3v) is 10.8. The van der Waals surface area contributed by atoms with Gasteiger partial charge >= 0.3 is 5.97 Å². The molecule has 0 aromatic heterocycles. The smallest absolute Gasteiger partial charge is 0.306 e. The summed E-state index contributed by atoms with van der Waals surface area (Å²) in [6.07, 6.45) is 55.7. The fourth-order valence-electron chi connectivity index (χ4n) is 7.13. The molecule has 1 amide bonds. The first-order chi connectivity index (χ1) is 28.5. The second-order valence-electron chi connectivity index (χ2n) is 16.5. The van der Waals surface area contributed by atoms with Crippen molar-refractivity contribution in [1.82, 2.24) is 5.32 Å². The predicted octanol–water partition coefficient (Wildman–Crippen LogP) is 14.5. The lowest BCUT2D eigenvalue weighted by atomic mass is 10.0. The number of nitrogens with one attached hydrogen (secondary N) is 1. The van der Waals surface area contributed by atoms with Gasteiger partial charge in [0, 0.05) is 6.42 Å². The van der Waals surface area contributed by atoms with Gasteiger partial charge < -0.3 is 20.3 Å². The highest BCUT2D eigenvalue weighted by atomic mass is 16.5.